The molecule has 1 fully saturated rings. The van der Waals surface area contributed by atoms with Crippen LogP contribution in [0.15, 0.2) is 48.5 Å². The topological polar surface area (TPSA) is 117 Å². The molecular weight excluding hydrogens is 444 g/mol. The van der Waals surface area contributed by atoms with Gasteiger partial charge < -0.3 is 23.8 Å². The molecule has 1 saturated heterocycles. The van der Waals surface area contributed by atoms with Crippen molar-refractivity contribution >= 4 is 17.9 Å². The summed E-state index contributed by atoms with van der Waals surface area (Å²) >= 11 is 0. The molecule has 10 heteroatoms. The molecule has 0 spiro atoms. The van der Waals surface area contributed by atoms with Crippen LogP contribution in [0.4, 0.5) is 15.3 Å². The summed E-state index contributed by atoms with van der Waals surface area (Å²) in [5.74, 6) is 0.822. The number of nitro benzene ring substituents is 1. The van der Waals surface area contributed by atoms with Crippen molar-refractivity contribution in [2.75, 3.05) is 13.7 Å². The maximum absolute atomic E-state index is 12.8. The minimum absolute atomic E-state index is 0.115. The molecule has 2 aromatic rings. The average molecular weight is 472 g/mol. The maximum atomic E-state index is 12.8. The van der Waals surface area contributed by atoms with Crippen LogP contribution in [0.2, 0.25) is 0 Å². The molecule has 0 bridgehead atoms. The highest BCUT2D eigenvalue weighted by Gasteiger charge is 2.41. The second kappa shape index (κ2) is 10.4. The van der Waals surface area contributed by atoms with Crippen LogP contribution in [0, 0.1) is 10.1 Å². The summed E-state index contributed by atoms with van der Waals surface area (Å²) in [6, 6.07) is 12.0. The zero-order chi connectivity index (χ0) is 24.9. The van der Waals surface area contributed by atoms with E-state index in [2.05, 4.69) is 0 Å². The van der Waals surface area contributed by atoms with Crippen LogP contribution in [-0.4, -0.2) is 53.5 Å². The van der Waals surface area contributed by atoms with Crippen molar-refractivity contribution in [3.8, 4) is 11.5 Å². The maximum Gasteiger partial charge on any atom is 0.514 e. The van der Waals surface area contributed by atoms with Gasteiger partial charge in [0.15, 0.2) is 0 Å². The van der Waals surface area contributed by atoms with Crippen molar-refractivity contribution < 1.29 is 33.5 Å². The Morgan fingerprint density at radius 2 is 1.68 bits per heavy atom. The van der Waals surface area contributed by atoms with E-state index in [1.54, 1.807) is 32.8 Å². The van der Waals surface area contributed by atoms with E-state index < -0.39 is 34.9 Å². The predicted octanol–water partition coefficient (Wildman–Crippen LogP) is 4.74. The lowest BCUT2D eigenvalue weighted by Gasteiger charge is -2.30. The molecule has 10 nitrogen and oxygen atoms in total. The lowest BCUT2D eigenvalue weighted by molar-refractivity contribution is -0.384. The van der Waals surface area contributed by atoms with Crippen LogP contribution in [0.25, 0.3) is 0 Å². The Labute approximate surface area is 197 Å². The van der Waals surface area contributed by atoms with Gasteiger partial charge in [-0.05, 0) is 57.0 Å². The second-order valence-corrected chi connectivity index (χ2v) is 8.84. The first-order valence-corrected chi connectivity index (χ1v) is 10.8. The van der Waals surface area contributed by atoms with E-state index in [1.165, 1.54) is 24.3 Å². The molecule has 3 rings (SSSR count). The van der Waals surface area contributed by atoms with Gasteiger partial charge in [0.1, 0.15) is 23.2 Å². The number of carbonyl (C=O) groups is 2. The number of non-ortho nitro benzene ring substituents is 1. The highest BCUT2D eigenvalue weighted by atomic mass is 16.7. The van der Waals surface area contributed by atoms with Crippen molar-refractivity contribution in [2.24, 2.45) is 0 Å². The van der Waals surface area contributed by atoms with Gasteiger partial charge in [-0.3, -0.25) is 10.1 Å². The third-order valence-corrected chi connectivity index (χ3v) is 5.21. The Balaban J connectivity index is 1.72. The summed E-state index contributed by atoms with van der Waals surface area (Å²) < 4.78 is 21.5. The lowest BCUT2D eigenvalue weighted by atomic mass is 10.0. The monoisotopic (exact) mass is 472 g/mol. The summed E-state index contributed by atoms with van der Waals surface area (Å²) in [6.45, 7) is 5.71. The number of amides is 1. The van der Waals surface area contributed by atoms with E-state index in [1.807, 2.05) is 24.3 Å². The Morgan fingerprint density at radius 3 is 2.24 bits per heavy atom. The van der Waals surface area contributed by atoms with Gasteiger partial charge in [0.25, 0.3) is 5.69 Å². The third kappa shape index (κ3) is 6.60. The number of rotatable bonds is 6. The first-order valence-electron chi connectivity index (χ1n) is 10.8. The molecule has 0 aromatic heterocycles. The normalized spacial score (nSPS) is 17.7. The Hall–Kier alpha value is -3.82. The number of hydrogen-bond donors (Lipinski definition) is 0. The Kier molecular flexibility index (Phi) is 7.60. The molecule has 0 N–H and O–H groups in total. The number of ether oxygens (including phenoxy) is 4. The van der Waals surface area contributed by atoms with Crippen LogP contribution in [-0.2, 0) is 15.9 Å². The smallest absolute Gasteiger partial charge is 0.497 e. The molecule has 1 amide bonds. The van der Waals surface area contributed by atoms with Crippen molar-refractivity contribution in [3.05, 3.63) is 64.2 Å². The minimum Gasteiger partial charge on any atom is -0.497 e. The van der Waals surface area contributed by atoms with Crippen molar-refractivity contribution in [2.45, 2.75) is 51.4 Å². The molecule has 1 aliphatic heterocycles. The number of likely N-dealkylation sites (tertiary alicyclic amines) is 1. The van der Waals surface area contributed by atoms with Crippen LogP contribution in [0.1, 0.15) is 32.8 Å². The van der Waals surface area contributed by atoms with Gasteiger partial charge in [-0.25, -0.2) is 9.59 Å². The third-order valence-electron chi connectivity index (χ3n) is 5.21. The number of nitrogens with zero attached hydrogens (tertiary/aromatic N) is 2. The number of nitro groups is 1. The molecule has 0 aliphatic carbocycles. The second-order valence-electron chi connectivity index (χ2n) is 8.84. The molecule has 2 aromatic carbocycles. The lowest BCUT2D eigenvalue weighted by Crippen LogP contribution is -2.44. The SMILES string of the molecule is COc1ccc(C[C@@H]2[C@H](OC(=O)Oc3ccc([N+](=O)[O-])cc3)CCN2C(=O)OC(C)(C)C)cc1. The first kappa shape index (κ1) is 24.8. The Bertz CT molecular complexity index is 1010. The molecular formula is C24H28N2O8. The van der Waals surface area contributed by atoms with Crippen LogP contribution in [0.3, 0.4) is 0 Å². The molecule has 0 unspecified atom stereocenters. The highest BCUT2D eigenvalue weighted by Crippen LogP contribution is 2.28. The fourth-order valence-electron chi connectivity index (χ4n) is 3.63. The zero-order valence-corrected chi connectivity index (χ0v) is 19.6. The van der Waals surface area contributed by atoms with Gasteiger partial charge in [0.2, 0.25) is 0 Å². The van der Waals surface area contributed by atoms with Gasteiger partial charge in [-0.1, -0.05) is 12.1 Å². The molecule has 1 heterocycles. The summed E-state index contributed by atoms with van der Waals surface area (Å²) in [7, 11) is 1.58. The molecule has 2 atom stereocenters. The highest BCUT2D eigenvalue weighted by molar-refractivity contribution is 5.70. The summed E-state index contributed by atoms with van der Waals surface area (Å²) in [5.41, 5.74) is 0.137. The number of methoxy groups -OCH3 is 1. The molecule has 34 heavy (non-hydrogen) atoms. The summed E-state index contributed by atoms with van der Waals surface area (Å²) in [4.78, 5) is 37.1. The largest absolute Gasteiger partial charge is 0.514 e. The fourth-order valence-corrected chi connectivity index (χ4v) is 3.63. The van der Waals surface area contributed by atoms with E-state index in [0.717, 1.165) is 5.56 Å². The van der Waals surface area contributed by atoms with Crippen molar-refractivity contribution in [3.63, 3.8) is 0 Å². The van der Waals surface area contributed by atoms with Gasteiger partial charge in [0, 0.05) is 25.1 Å². The molecule has 1 aliphatic rings. The number of carbonyl (C=O) groups excluding carboxylic acids is 2. The Morgan fingerprint density at radius 1 is 1.06 bits per heavy atom. The quantitative estimate of drug-likeness (QED) is 0.256. The molecule has 0 radical (unpaired) electrons. The van der Waals surface area contributed by atoms with Crippen molar-refractivity contribution in [1.29, 1.82) is 0 Å². The summed E-state index contributed by atoms with van der Waals surface area (Å²) in [5, 5.41) is 10.8. The van der Waals surface area contributed by atoms with Gasteiger partial charge >= 0.3 is 12.2 Å². The van der Waals surface area contributed by atoms with E-state index in [4.69, 9.17) is 18.9 Å². The minimum atomic E-state index is -0.954. The average Bonchev–Trinajstić information content (AvgIpc) is 3.15. The van der Waals surface area contributed by atoms with Gasteiger partial charge in [-0.2, -0.15) is 0 Å². The van der Waals surface area contributed by atoms with Gasteiger partial charge in [0.05, 0.1) is 18.1 Å². The van der Waals surface area contributed by atoms with E-state index in [9.17, 15) is 19.7 Å². The van der Waals surface area contributed by atoms with Crippen LogP contribution < -0.4 is 9.47 Å². The predicted molar refractivity (Wildman–Crippen MR) is 122 cm³/mol. The van der Waals surface area contributed by atoms with Crippen molar-refractivity contribution in [1.82, 2.24) is 4.90 Å². The fraction of sp³-hybridized carbons (Fsp3) is 0.417. The van der Waals surface area contributed by atoms with Gasteiger partial charge in [-0.15, -0.1) is 0 Å². The van der Waals surface area contributed by atoms with E-state index in [0.29, 0.717) is 25.1 Å². The summed E-state index contributed by atoms with van der Waals surface area (Å²) in [6.07, 6.45) is -1.22. The van der Waals surface area contributed by atoms with E-state index in [-0.39, 0.29) is 11.4 Å². The zero-order valence-electron chi connectivity index (χ0n) is 19.6. The first-order chi connectivity index (χ1) is 16.1. The van der Waals surface area contributed by atoms with Crippen LogP contribution >= 0.6 is 0 Å². The number of benzene rings is 2. The standard InChI is InChI=1S/C24H28N2O8/c1-24(2,3)34-22(27)25-14-13-21(20(25)15-16-5-9-18(31-4)10-6-16)33-23(28)32-19-11-7-17(8-12-19)26(29)30/h5-12,20-21H,13-15H2,1-4H3/t20-,21-/m1/s1. The molecule has 182 valence electrons. The number of hydrogen-bond acceptors (Lipinski definition) is 8. The van der Waals surface area contributed by atoms with Crippen LogP contribution in [0.5, 0.6) is 11.5 Å². The molecule has 0 saturated carbocycles. The van der Waals surface area contributed by atoms with E-state index >= 15 is 0 Å².